The van der Waals surface area contributed by atoms with Gasteiger partial charge in [-0.2, -0.15) is 5.26 Å². The second-order valence-electron chi connectivity index (χ2n) is 3.45. The Balaban J connectivity index is 2.35. The highest BCUT2D eigenvalue weighted by Crippen LogP contribution is 2.23. The van der Waals surface area contributed by atoms with Crippen molar-refractivity contribution >= 4 is 17.3 Å². The lowest BCUT2D eigenvalue weighted by Gasteiger charge is -2.27. The summed E-state index contributed by atoms with van der Waals surface area (Å²) in [6.07, 6.45) is 3.53. The molecule has 0 saturated carbocycles. The summed E-state index contributed by atoms with van der Waals surface area (Å²) in [5.74, 6) is 0.625. The van der Waals surface area contributed by atoms with Gasteiger partial charge in [0.25, 0.3) is 0 Å². The Hall–Kier alpha value is -1.92. The third-order valence-corrected chi connectivity index (χ3v) is 2.59. The first-order valence-electron chi connectivity index (χ1n) is 4.80. The maximum absolute atomic E-state index is 8.83. The van der Waals surface area contributed by atoms with E-state index in [-0.39, 0.29) is 0 Å². The highest BCUT2D eigenvalue weighted by Gasteiger charge is 2.13. The van der Waals surface area contributed by atoms with E-state index in [9.17, 15) is 0 Å². The van der Waals surface area contributed by atoms with Gasteiger partial charge >= 0.3 is 0 Å². The van der Waals surface area contributed by atoms with Crippen LogP contribution in [-0.2, 0) is 0 Å². The summed E-state index contributed by atoms with van der Waals surface area (Å²) in [6.45, 7) is 0.540. The summed E-state index contributed by atoms with van der Waals surface area (Å²) in [5.41, 5.74) is 7.35. The smallest absolute Gasteiger partial charge is 0.103 e. The standard InChI is InChI=1S/C12H10ClN3/c13-10-4-5-12(15)16(8-10)11-3-1-2-9(6-11)7-14/h1-6H,8,15H2. The molecule has 1 aromatic carbocycles. The largest absolute Gasteiger partial charge is 0.385 e. The predicted octanol–water partition coefficient (Wildman–Crippen LogP) is 2.30. The molecular formula is C12H10ClN3. The zero-order valence-corrected chi connectivity index (χ0v) is 9.28. The van der Waals surface area contributed by atoms with Crippen LogP contribution in [0.15, 0.2) is 47.3 Å². The molecule has 1 heterocycles. The van der Waals surface area contributed by atoms with Crippen molar-refractivity contribution in [3.05, 3.63) is 52.8 Å². The summed E-state index contributed by atoms with van der Waals surface area (Å²) in [5, 5.41) is 9.55. The number of anilines is 1. The number of nitrogens with zero attached hydrogens (tertiary/aromatic N) is 2. The summed E-state index contributed by atoms with van der Waals surface area (Å²) >= 11 is 5.95. The lowest BCUT2D eigenvalue weighted by atomic mass is 10.2. The number of halogens is 1. The van der Waals surface area contributed by atoms with Crippen LogP contribution in [0.1, 0.15) is 5.56 Å². The molecule has 0 amide bonds. The molecule has 4 heteroatoms. The summed E-state index contributed by atoms with van der Waals surface area (Å²) < 4.78 is 0. The van der Waals surface area contributed by atoms with Crippen LogP contribution in [0.4, 0.5) is 5.69 Å². The van der Waals surface area contributed by atoms with Gasteiger partial charge in [-0.05, 0) is 30.4 Å². The Morgan fingerprint density at radius 2 is 2.19 bits per heavy atom. The molecule has 0 spiro atoms. The second kappa shape index (κ2) is 4.30. The molecule has 0 atom stereocenters. The normalized spacial score (nSPS) is 15.1. The number of hydrogen-bond donors (Lipinski definition) is 1. The van der Waals surface area contributed by atoms with Crippen molar-refractivity contribution in [1.29, 1.82) is 5.26 Å². The summed E-state index contributed by atoms with van der Waals surface area (Å²) in [4.78, 5) is 1.86. The molecule has 16 heavy (non-hydrogen) atoms. The highest BCUT2D eigenvalue weighted by atomic mass is 35.5. The van der Waals surface area contributed by atoms with E-state index in [0.717, 1.165) is 10.7 Å². The first-order valence-corrected chi connectivity index (χ1v) is 5.18. The number of nitriles is 1. The average molecular weight is 232 g/mol. The molecule has 0 fully saturated rings. The fourth-order valence-electron chi connectivity index (χ4n) is 1.54. The minimum Gasteiger partial charge on any atom is -0.385 e. The van der Waals surface area contributed by atoms with E-state index in [1.165, 1.54) is 0 Å². The number of nitrogens with two attached hydrogens (primary N) is 1. The van der Waals surface area contributed by atoms with Crippen molar-refractivity contribution < 1.29 is 0 Å². The topological polar surface area (TPSA) is 53.0 Å². The van der Waals surface area contributed by atoms with Gasteiger partial charge in [-0.15, -0.1) is 0 Å². The number of rotatable bonds is 1. The van der Waals surface area contributed by atoms with Crippen molar-refractivity contribution in [2.24, 2.45) is 5.73 Å². The highest BCUT2D eigenvalue weighted by molar-refractivity contribution is 6.30. The lowest BCUT2D eigenvalue weighted by molar-refractivity contribution is 0.962. The van der Waals surface area contributed by atoms with Gasteiger partial charge in [0, 0.05) is 10.7 Å². The van der Waals surface area contributed by atoms with Gasteiger partial charge in [-0.3, -0.25) is 0 Å². The Kier molecular flexibility index (Phi) is 2.84. The van der Waals surface area contributed by atoms with Gasteiger partial charge < -0.3 is 10.6 Å². The Morgan fingerprint density at radius 3 is 2.94 bits per heavy atom. The van der Waals surface area contributed by atoms with Crippen LogP contribution in [0.3, 0.4) is 0 Å². The molecule has 2 N–H and O–H groups in total. The molecule has 0 saturated heterocycles. The third-order valence-electron chi connectivity index (χ3n) is 2.34. The van der Waals surface area contributed by atoms with Crippen LogP contribution in [0.2, 0.25) is 0 Å². The van der Waals surface area contributed by atoms with E-state index in [0.29, 0.717) is 17.9 Å². The molecule has 1 aliphatic heterocycles. The second-order valence-corrected chi connectivity index (χ2v) is 3.94. The number of benzene rings is 1. The number of allylic oxidation sites excluding steroid dienone is 2. The zero-order chi connectivity index (χ0) is 11.5. The van der Waals surface area contributed by atoms with Crippen molar-refractivity contribution in [2.45, 2.75) is 0 Å². The van der Waals surface area contributed by atoms with Gasteiger partial charge in [0.05, 0.1) is 18.2 Å². The Morgan fingerprint density at radius 1 is 1.38 bits per heavy atom. The first-order chi connectivity index (χ1) is 7.70. The average Bonchev–Trinajstić information content (AvgIpc) is 2.32. The third kappa shape index (κ3) is 2.02. The van der Waals surface area contributed by atoms with Crippen molar-refractivity contribution in [2.75, 3.05) is 11.4 Å². The molecule has 0 radical (unpaired) electrons. The zero-order valence-electron chi connectivity index (χ0n) is 8.52. The molecule has 0 aliphatic carbocycles. The number of hydrogen-bond acceptors (Lipinski definition) is 3. The maximum atomic E-state index is 8.83. The van der Waals surface area contributed by atoms with Crippen LogP contribution in [0.5, 0.6) is 0 Å². The molecular weight excluding hydrogens is 222 g/mol. The van der Waals surface area contributed by atoms with Crippen molar-refractivity contribution in [3.63, 3.8) is 0 Å². The van der Waals surface area contributed by atoms with E-state index < -0.39 is 0 Å². The maximum Gasteiger partial charge on any atom is 0.103 e. The van der Waals surface area contributed by atoms with Crippen LogP contribution in [-0.4, -0.2) is 6.54 Å². The van der Waals surface area contributed by atoms with E-state index in [2.05, 4.69) is 6.07 Å². The van der Waals surface area contributed by atoms with Gasteiger partial charge in [0.1, 0.15) is 5.82 Å². The molecule has 1 aromatic rings. The van der Waals surface area contributed by atoms with Crippen LogP contribution in [0, 0.1) is 11.3 Å². The van der Waals surface area contributed by atoms with Gasteiger partial charge in [-0.25, -0.2) is 0 Å². The Labute approximate surface area is 99.0 Å². The quantitative estimate of drug-likeness (QED) is 0.807. The van der Waals surface area contributed by atoms with E-state index in [1.54, 1.807) is 24.3 Å². The molecule has 0 bridgehead atoms. The summed E-state index contributed by atoms with van der Waals surface area (Å²) in [6, 6.07) is 9.37. The first kappa shape index (κ1) is 10.6. The van der Waals surface area contributed by atoms with E-state index >= 15 is 0 Å². The molecule has 1 aliphatic rings. The van der Waals surface area contributed by atoms with Crippen molar-refractivity contribution in [3.8, 4) is 6.07 Å². The van der Waals surface area contributed by atoms with Crippen LogP contribution >= 0.6 is 11.6 Å². The predicted molar refractivity (Wildman–Crippen MR) is 64.7 cm³/mol. The molecule has 0 unspecified atom stereocenters. The lowest BCUT2D eigenvalue weighted by Crippen LogP contribution is -2.30. The molecule has 0 aromatic heterocycles. The van der Waals surface area contributed by atoms with Gasteiger partial charge in [0.2, 0.25) is 0 Å². The van der Waals surface area contributed by atoms with E-state index in [4.69, 9.17) is 22.6 Å². The molecule has 80 valence electrons. The van der Waals surface area contributed by atoms with Crippen LogP contribution in [0.25, 0.3) is 0 Å². The minimum absolute atomic E-state index is 0.540. The van der Waals surface area contributed by atoms with Gasteiger partial charge in [0.15, 0.2) is 0 Å². The molecule has 3 nitrogen and oxygen atoms in total. The van der Waals surface area contributed by atoms with Gasteiger partial charge in [-0.1, -0.05) is 17.7 Å². The van der Waals surface area contributed by atoms with E-state index in [1.807, 2.05) is 17.0 Å². The summed E-state index contributed by atoms with van der Waals surface area (Å²) in [7, 11) is 0. The van der Waals surface area contributed by atoms with Crippen LogP contribution < -0.4 is 10.6 Å². The fourth-order valence-corrected chi connectivity index (χ4v) is 1.73. The molecule has 2 rings (SSSR count). The van der Waals surface area contributed by atoms with Crippen molar-refractivity contribution in [1.82, 2.24) is 0 Å². The SMILES string of the molecule is N#Cc1cccc(N2CC(Cl)=CC=C2N)c1. The minimum atomic E-state index is 0.540. The Bertz CT molecular complexity index is 511. The fraction of sp³-hybridized carbons (Fsp3) is 0.0833. The monoisotopic (exact) mass is 231 g/mol.